The molecular formula is C15H14F2N2O. The van der Waals surface area contributed by atoms with Gasteiger partial charge in [0.2, 0.25) is 0 Å². The van der Waals surface area contributed by atoms with E-state index in [1.807, 2.05) is 20.2 Å². The van der Waals surface area contributed by atoms with Crippen LogP contribution in [0.2, 0.25) is 0 Å². The number of carbonyl (C=O) groups is 1. The maximum absolute atomic E-state index is 13.6. The molecule has 0 fully saturated rings. The summed E-state index contributed by atoms with van der Waals surface area (Å²) < 4.78 is 27.1. The second-order valence-corrected chi connectivity index (χ2v) is 4.46. The molecule has 2 aromatic rings. The molecule has 1 N–H and O–H groups in total. The molecule has 0 radical (unpaired) electrons. The topological polar surface area (TPSA) is 32.3 Å². The Balaban J connectivity index is 2.33. The SMILES string of the molecule is CN(C)c1ccccc1NC(=O)c1c(F)cccc1F. The van der Waals surface area contributed by atoms with Crippen LogP contribution in [0.1, 0.15) is 10.4 Å². The van der Waals surface area contributed by atoms with Crippen LogP contribution >= 0.6 is 0 Å². The highest BCUT2D eigenvalue weighted by Crippen LogP contribution is 2.24. The third-order valence-electron chi connectivity index (χ3n) is 2.82. The minimum absolute atomic E-state index is 0.491. The summed E-state index contributed by atoms with van der Waals surface area (Å²) in [6.07, 6.45) is 0. The number of hydrogen-bond donors (Lipinski definition) is 1. The summed E-state index contributed by atoms with van der Waals surface area (Å²) >= 11 is 0. The Bertz CT molecular complexity index is 621. The number of halogens is 2. The Morgan fingerprint density at radius 2 is 1.60 bits per heavy atom. The molecule has 0 aliphatic carbocycles. The first-order valence-corrected chi connectivity index (χ1v) is 6.02. The second kappa shape index (κ2) is 5.69. The minimum atomic E-state index is -0.884. The third-order valence-corrected chi connectivity index (χ3v) is 2.82. The van der Waals surface area contributed by atoms with Gasteiger partial charge < -0.3 is 10.2 Å². The first kappa shape index (κ1) is 14.0. The van der Waals surface area contributed by atoms with Crippen molar-refractivity contribution in [3.8, 4) is 0 Å². The Kier molecular flexibility index (Phi) is 3.98. The van der Waals surface area contributed by atoms with E-state index in [1.54, 1.807) is 23.1 Å². The van der Waals surface area contributed by atoms with Crippen LogP contribution in [-0.2, 0) is 0 Å². The Hall–Kier alpha value is -2.43. The molecule has 1 amide bonds. The van der Waals surface area contributed by atoms with E-state index in [2.05, 4.69) is 5.32 Å². The molecule has 0 aliphatic heterocycles. The average molecular weight is 276 g/mol. The lowest BCUT2D eigenvalue weighted by Gasteiger charge is -2.17. The number of amides is 1. The molecule has 104 valence electrons. The lowest BCUT2D eigenvalue weighted by Crippen LogP contribution is -2.18. The van der Waals surface area contributed by atoms with Gasteiger partial charge in [0.05, 0.1) is 11.4 Å². The van der Waals surface area contributed by atoms with Crippen LogP contribution in [0.3, 0.4) is 0 Å². The van der Waals surface area contributed by atoms with Crippen molar-refractivity contribution in [1.82, 2.24) is 0 Å². The molecule has 0 unspecified atom stereocenters. The third kappa shape index (κ3) is 2.77. The highest BCUT2D eigenvalue weighted by molar-refractivity contribution is 6.06. The molecule has 3 nitrogen and oxygen atoms in total. The summed E-state index contributed by atoms with van der Waals surface area (Å²) in [4.78, 5) is 13.8. The van der Waals surface area contributed by atoms with Crippen LogP contribution in [0.5, 0.6) is 0 Å². The monoisotopic (exact) mass is 276 g/mol. The van der Waals surface area contributed by atoms with Crippen LogP contribution in [0.15, 0.2) is 42.5 Å². The van der Waals surface area contributed by atoms with Crippen LogP contribution < -0.4 is 10.2 Å². The van der Waals surface area contributed by atoms with E-state index in [0.29, 0.717) is 5.69 Å². The van der Waals surface area contributed by atoms with Gasteiger partial charge in [-0.05, 0) is 24.3 Å². The zero-order valence-corrected chi connectivity index (χ0v) is 11.2. The van der Waals surface area contributed by atoms with E-state index < -0.39 is 23.1 Å². The number of hydrogen-bond acceptors (Lipinski definition) is 2. The van der Waals surface area contributed by atoms with Crippen LogP contribution in [0, 0.1) is 11.6 Å². The number of carbonyl (C=O) groups excluding carboxylic acids is 1. The highest BCUT2D eigenvalue weighted by Gasteiger charge is 2.18. The predicted octanol–water partition coefficient (Wildman–Crippen LogP) is 3.28. The normalized spacial score (nSPS) is 10.2. The van der Waals surface area contributed by atoms with Crippen molar-refractivity contribution < 1.29 is 13.6 Å². The summed E-state index contributed by atoms with van der Waals surface area (Å²) in [6, 6.07) is 10.3. The summed E-state index contributed by atoms with van der Waals surface area (Å²) in [5.41, 5.74) is 0.656. The molecule has 2 aromatic carbocycles. The fraction of sp³-hybridized carbons (Fsp3) is 0.133. The number of para-hydroxylation sites is 2. The molecule has 0 aromatic heterocycles. The molecule has 2 rings (SSSR count). The maximum atomic E-state index is 13.6. The Morgan fingerprint density at radius 3 is 2.20 bits per heavy atom. The molecule has 0 saturated carbocycles. The van der Waals surface area contributed by atoms with E-state index >= 15 is 0 Å². The van der Waals surface area contributed by atoms with Crippen molar-refractivity contribution >= 4 is 17.3 Å². The number of rotatable bonds is 3. The van der Waals surface area contributed by atoms with Gasteiger partial charge in [0.25, 0.3) is 5.91 Å². The van der Waals surface area contributed by atoms with Crippen molar-refractivity contribution in [2.75, 3.05) is 24.3 Å². The van der Waals surface area contributed by atoms with E-state index in [9.17, 15) is 13.6 Å². The number of anilines is 2. The maximum Gasteiger partial charge on any atom is 0.261 e. The molecule has 0 atom stereocenters. The van der Waals surface area contributed by atoms with Crippen LogP contribution in [-0.4, -0.2) is 20.0 Å². The number of nitrogens with zero attached hydrogens (tertiary/aromatic N) is 1. The lowest BCUT2D eigenvalue weighted by atomic mass is 10.1. The summed E-state index contributed by atoms with van der Waals surface area (Å²) in [5, 5.41) is 2.53. The molecule has 0 aliphatic rings. The summed E-state index contributed by atoms with van der Waals surface area (Å²) in [7, 11) is 3.63. The second-order valence-electron chi connectivity index (χ2n) is 4.46. The molecule has 0 bridgehead atoms. The van der Waals surface area contributed by atoms with Gasteiger partial charge in [-0.25, -0.2) is 8.78 Å². The largest absolute Gasteiger partial charge is 0.376 e. The van der Waals surface area contributed by atoms with Crippen molar-refractivity contribution in [3.63, 3.8) is 0 Å². The molecule has 0 saturated heterocycles. The van der Waals surface area contributed by atoms with Gasteiger partial charge in [-0.2, -0.15) is 0 Å². The summed E-state index contributed by atoms with van der Waals surface area (Å²) in [6.45, 7) is 0. The minimum Gasteiger partial charge on any atom is -0.376 e. The first-order chi connectivity index (χ1) is 9.50. The van der Waals surface area contributed by atoms with Gasteiger partial charge in [0.15, 0.2) is 0 Å². The Labute approximate surface area is 115 Å². The van der Waals surface area contributed by atoms with Gasteiger partial charge in [-0.1, -0.05) is 18.2 Å². The van der Waals surface area contributed by atoms with Crippen molar-refractivity contribution in [1.29, 1.82) is 0 Å². The first-order valence-electron chi connectivity index (χ1n) is 6.02. The van der Waals surface area contributed by atoms with Crippen molar-refractivity contribution in [2.45, 2.75) is 0 Å². The van der Waals surface area contributed by atoms with Gasteiger partial charge >= 0.3 is 0 Å². The molecule has 5 heteroatoms. The van der Waals surface area contributed by atoms with Crippen LogP contribution in [0.4, 0.5) is 20.2 Å². The zero-order chi connectivity index (χ0) is 14.7. The van der Waals surface area contributed by atoms with Gasteiger partial charge in [0.1, 0.15) is 17.2 Å². The number of nitrogens with one attached hydrogen (secondary N) is 1. The molecule has 0 spiro atoms. The smallest absolute Gasteiger partial charge is 0.261 e. The Morgan fingerprint density at radius 1 is 1.00 bits per heavy atom. The molecule has 20 heavy (non-hydrogen) atoms. The highest BCUT2D eigenvalue weighted by atomic mass is 19.1. The average Bonchev–Trinajstić information content (AvgIpc) is 2.38. The predicted molar refractivity (Wildman–Crippen MR) is 75.1 cm³/mol. The quantitative estimate of drug-likeness (QED) is 0.933. The van der Waals surface area contributed by atoms with Gasteiger partial charge in [-0.15, -0.1) is 0 Å². The van der Waals surface area contributed by atoms with E-state index in [-0.39, 0.29) is 0 Å². The molecule has 0 heterocycles. The van der Waals surface area contributed by atoms with Gasteiger partial charge in [0, 0.05) is 14.1 Å². The van der Waals surface area contributed by atoms with E-state index in [4.69, 9.17) is 0 Å². The zero-order valence-electron chi connectivity index (χ0n) is 11.2. The van der Waals surface area contributed by atoms with Crippen molar-refractivity contribution in [3.05, 3.63) is 59.7 Å². The fourth-order valence-electron chi connectivity index (χ4n) is 1.87. The van der Waals surface area contributed by atoms with E-state index in [1.165, 1.54) is 6.07 Å². The van der Waals surface area contributed by atoms with E-state index in [0.717, 1.165) is 17.8 Å². The lowest BCUT2D eigenvalue weighted by molar-refractivity contribution is 0.101. The molecular weight excluding hydrogens is 262 g/mol. The fourth-order valence-corrected chi connectivity index (χ4v) is 1.87. The summed E-state index contributed by atoms with van der Waals surface area (Å²) in [5.74, 6) is -2.58. The number of benzene rings is 2. The standard InChI is InChI=1S/C15H14F2N2O/c1-19(2)13-9-4-3-8-12(13)18-15(20)14-10(16)6-5-7-11(14)17/h3-9H,1-2H3,(H,18,20). The van der Waals surface area contributed by atoms with Gasteiger partial charge in [-0.3, -0.25) is 4.79 Å². The van der Waals surface area contributed by atoms with Crippen molar-refractivity contribution in [2.24, 2.45) is 0 Å². The van der Waals surface area contributed by atoms with Crippen LogP contribution in [0.25, 0.3) is 0 Å².